The highest BCUT2D eigenvalue weighted by molar-refractivity contribution is 6.60. The van der Waals surface area contributed by atoms with Gasteiger partial charge in [-0.15, -0.1) is 11.6 Å². The van der Waals surface area contributed by atoms with E-state index >= 15 is 0 Å². The van der Waals surface area contributed by atoms with Crippen LogP contribution in [0.15, 0.2) is 0 Å². The summed E-state index contributed by atoms with van der Waals surface area (Å²) in [5.41, 5.74) is 0. The van der Waals surface area contributed by atoms with Crippen molar-refractivity contribution in [2.24, 2.45) is 0 Å². The fourth-order valence-corrected chi connectivity index (χ4v) is 0.688. The van der Waals surface area contributed by atoms with E-state index in [0.717, 1.165) is 12.8 Å². The molecule has 0 rings (SSSR count). The quantitative estimate of drug-likeness (QED) is 0.415. The van der Waals surface area contributed by atoms with Crippen LogP contribution in [-0.4, -0.2) is 22.8 Å². The number of hydrogen-bond donors (Lipinski definition) is 0. The SMILES string of the molecule is CCCCOC(=O)C(Cl)(Cl)CCl. The Labute approximate surface area is 87.1 Å². The minimum atomic E-state index is -1.60. The maximum absolute atomic E-state index is 11.0. The van der Waals surface area contributed by atoms with E-state index in [1.807, 2.05) is 6.92 Å². The molecule has 0 heterocycles. The van der Waals surface area contributed by atoms with Crippen LogP contribution in [0.1, 0.15) is 19.8 Å². The van der Waals surface area contributed by atoms with Crippen molar-refractivity contribution >= 4 is 40.8 Å². The zero-order valence-electron chi connectivity index (χ0n) is 6.78. The van der Waals surface area contributed by atoms with Crippen molar-refractivity contribution in [1.29, 1.82) is 0 Å². The predicted octanol–water partition coefficient (Wildman–Crippen LogP) is 2.74. The van der Waals surface area contributed by atoms with E-state index in [1.54, 1.807) is 0 Å². The van der Waals surface area contributed by atoms with E-state index in [4.69, 9.17) is 39.5 Å². The molecule has 0 aromatic rings. The summed E-state index contributed by atoms with van der Waals surface area (Å²) in [5.74, 6) is -0.838. The summed E-state index contributed by atoms with van der Waals surface area (Å²) in [6.45, 7) is 2.33. The van der Waals surface area contributed by atoms with Gasteiger partial charge in [-0.05, 0) is 6.42 Å². The summed E-state index contributed by atoms with van der Waals surface area (Å²) < 4.78 is 3.15. The van der Waals surface area contributed by atoms with Gasteiger partial charge in [-0.1, -0.05) is 36.5 Å². The third-order valence-electron chi connectivity index (χ3n) is 1.20. The first-order valence-electron chi connectivity index (χ1n) is 3.65. The Balaban J connectivity index is 3.72. The highest BCUT2D eigenvalue weighted by Gasteiger charge is 2.34. The third-order valence-corrected chi connectivity index (χ3v) is 2.45. The van der Waals surface area contributed by atoms with Gasteiger partial charge in [0.2, 0.25) is 4.33 Å². The van der Waals surface area contributed by atoms with Crippen LogP contribution in [0, 0.1) is 0 Å². The summed E-state index contributed by atoms with van der Waals surface area (Å²) in [6.07, 6.45) is 1.75. The lowest BCUT2D eigenvalue weighted by molar-refractivity contribution is -0.144. The van der Waals surface area contributed by atoms with Crippen molar-refractivity contribution in [2.45, 2.75) is 24.1 Å². The van der Waals surface area contributed by atoms with Crippen molar-refractivity contribution in [3.8, 4) is 0 Å². The Morgan fingerprint density at radius 2 is 2.08 bits per heavy atom. The van der Waals surface area contributed by atoms with Crippen molar-refractivity contribution in [2.75, 3.05) is 12.5 Å². The standard InChI is InChI=1S/C7H11Cl3O2/c1-2-3-4-12-6(11)7(9,10)5-8/h2-5H2,1H3. The Kier molecular flexibility index (Phi) is 6.06. The number of alkyl halides is 3. The molecule has 0 radical (unpaired) electrons. The smallest absolute Gasteiger partial charge is 0.343 e. The van der Waals surface area contributed by atoms with Crippen LogP contribution < -0.4 is 0 Å². The van der Waals surface area contributed by atoms with Gasteiger partial charge in [0.15, 0.2) is 0 Å². The summed E-state index contributed by atoms with van der Waals surface area (Å²) in [6, 6.07) is 0. The molecule has 12 heavy (non-hydrogen) atoms. The van der Waals surface area contributed by atoms with Crippen molar-refractivity contribution < 1.29 is 9.53 Å². The molecular weight excluding hydrogens is 222 g/mol. The van der Waals surface area contributed by atoms with E-state index in [-0.39, 0.29) is 5.88 Å². The summed E-state index contributed by atoms with van der Waals surface area (Å²) in [5, 5.41) is 0. The first kappa shape index (κ1) is 12.3. The highest BCUT2D eigenvalue weighted by atomic mass is 35.5. The molecule has 0 saturated heterocycles. The second kappa shape index (κ2) is 5.90. The minimum Gasteiger partial charge on any atom is -0.463 e. The number of unbranched alkanes of at least 4 members (excludes halogenated alkanes) is 1. The second-order valence-corrected chi connectivity index (χ2v) is 4.08. The van der Waals surface area contributed by atoms with Crippen LogP contribution in [0.25, 0.3) is 0 Å². The first-order chi connectivity index (χ1) is 5.54. The van der Waals surface area contributed by atoms with Gasteiger partial charge in [0.05, 0.1) is 12.5 Å². The van der Waals surface area contributed by atoms with Gasteiger partial charge in [-0.2, -0.15) is 0 Å². The normalized spacial score (nSPS) is 11.3. The Hall–Kier alpha value is 0.340. The summed E-state index contributed by atoms with van der Waals surface area (Å²) in [4.78, 5) is 11.0. The second-order valence-electron chi connectivity index (χ2n) is 2.33. The maximum Gasteiger partial charge on any atom is 0.343 e. The summed E-state index contributed by atoms with van der Waals surface area (Å²) in [7, 11) is 0. The number of ether oxygens (including phenoxy) is 1. The molecule has 0 amide bonds. The van der Waals surface area contributed by atoms with Crippen LogP contribution in [0.5, 0.6) is 0 Å². The molecule has 0 aliphatic carbocycles. The van der Waals surface area contributed by atoms with Gasteiger partial charge >= 0.3 is 5.97 Å². The Bertz CT molecular complexity index is 148. The third kappa shape index (κ3) is 4.39. The van der Waals surface area contributed by atoms with Crippen LogP contribution >= 0.6 is 34.8 Å². The molecule has 0 saturated carbocycles. The van der Waals surface area contributed by atoms with E-state index in [0.29, 0.717) is 6.61 Å². The molecule has 0 unspecified atom stereocenters. The summed E-state index contributed by atoms with van der Waals surface area (Å²) >= 11 is 16.4. The average Bonchev–Trinajstić information content (AvgIpc) is 2.05. The minimum absolute atomic E-state index is 0.166. The highest BCUT2D eigenvalue weighted by Crippen LogP contribution is 2.24. The number of carbonyl (C=O) groups excluding carboxylic acids is 1. The van der Waals surface area contributed by atoms with Gasteiger partial charge in [-0.3, -0.25) is 0 Å². The van der Waals surface area contributed by atoms with Gasteiger partial charge in [0, 0.05) is 0 Å². The molecule has 0 N–H and O–H groups in total. The number of rotatable bonds is 5. The molecule has 5 heteroatoms. The number of hydrogen-bond acceptors (Lipinski definition) is 2. The van der Waals surface area contributed by atoms with E-state index in [9.17, 15) is 4.79 Å². The molecule has 2 nitrogen and oxygen atoms in total. The lowest BCUT2D eigenvalue weighted by atomic mass is 10.4. The largest absolute Gasteiger partial charge is 0.463 e. The first-order valence-corrected chi connectivity index (χ1v) is 4.94. The van der Waals surface area contributed by atoms with E-state index < -0.39 is 10.3 Å². The van der Waals surface area contributed by atoms with Crippen LogP contribution in [0.3, 0.4) is 0 Å². The molecule has 0 aliphatic heterocycles. The van der Waals surface area contributed by atoms with Crippen LogP contribution in [0.2, 0.25) is 0 Å². The predicted molar refractivity (Wildman–Crippen MR) is 51.0 cm³/mol. The fraction of sp³-hybridized carbons (Fsp3) is 0.857. The molecular formula is C7H11Cl3O2. The monoisotopic (exact) mass is 232 g/mol. The van der Waals surface area contributed by atoms with Crippen LogP contribution in [0.4, 0.5) is 0 Å². The molecule has 0 atom stereocenters. The number of halogens is 3. The number of esters is 1. The molecule has 0 aromatic heterocycles. The fourth-order valence-electron chi connectivity index (χ4n) is 0.469. The van der Waals surface area contributed by atoms with Crippen molar-refractivity contribution in [1.82, 2.24) is 0 Å². The van der Waals surface area contributed by atoms with Crippen molar-refractivity contribution in [3.63, 3.8) is 0 Å². The lowest BCUT2D eigenvalue weighted by Gasteiger charge is -2.14. The van der Waals surface area contributed by atoms with Gasteiger partial charge in [0.1, 0.15) is 0 Å². The Morgan fingerprint density at radius 1 is 1.50 bits per heavy atom. The van der Waals surface area contributed by atoms with Crippen LogP contribution in [-0.2, 0) is 9.53 Å². The van der Waals surface area contributed by atoms with E-state index in [2.05, 4.69) is 0 Å². The zero-order chi connectivity index (χ0) is 9.61. The molecule has 0 bridgehead atoms. The maximum atomic E-state index is 11.0. The molecule has 72 valence electrons. The topological polar surface area (TPSA) is 26.3 Å². The zero-order valence-corrected chi connectivity index (χ0v) is 9.05. The molecule has 0 fully saturated rings. The lowest BCUT2D eigenvalue weighted by Crippen LogP contribution is -2.30. The average molecular weight is 234 g/mol. The van der Waals surface area contributed by atoms with Gasteiger partial charge in [0.25, 0.3) is 0 Å². The van der Waals surface area contributed by atoms with Crippen molar-refractivity contribution in [3.05, 3.63) is 0 Å². The number of carbonyl (C=O) groups is 1. The van der Waals surface area contributed by atoms with Gasteiger partial charge in [-0.25, -0.2) is 4.79 Å². The Morgan fingerprint density at radius 3 is 2.50 bits per heavy atom. The molecule has 0 aliphatic rings. The van der Waals surface area contributed by atoms with Gasteiger partial charge < -0.3 is 4.74 Å². The molecule has 0 aromatic carbocycles. The van der Waals surface area contributed by atoms with E-state index in [1.165, 1.54) is 0 Å². The molecule has 0 spiro atoms.